The number of aromatic nitrogens is 2. The van der Waals surface area contributed by atoms with Crippen molar-refractivity contribution < 1.29 is 15.3 Å². The van der Waals surface area contributed by atoms with Crippen LogP contribution < -0.4 is 0 Å². The number of aromatic hydroxyl groups is 1. The van der Waals surface area contributed by atoms with E-state index in [0.717, 1.165) is 24.2 Å². The van der Waals surface area contributed by atoms with Crippen LogP contribution in [0.3, 0.4) is 0 Å². The van der Waals surface area contributed by atoms with E-state index in [9.17, 15) is 10.2 Å². The predicted octanol–water partition coefficient (Wildman–Crippen LogP) is 0.972. The summed E-state index contributed by atoms with van der Waals surface area (Å²) in [5, 5.41) is 28.4. The molecule has 1 heterocycles. The Morgan fingerprint density at radius 2 is 2.17 bits per heavy atom. The summed E-state index contributed by atoms with van der Waals surface area (Å²) >= 11 is 0. The van der Waals surface area contributed by atoms with Crippen LogP contribution in [0.1, 0.15) is 24.6 Å². The first-order chi connectivity index (χ1) is 8.70. The third kappa shape index (κ3) is 1.85. The quantitative estimate of drug-likeness (QED) is 0.753. The molecule has 0 aliphatic heterocycles. The van der Waals surface area contributed by atoms with Crippen LogP contribution in [0, 0.1) is 0 Å². The molecule has 1 aromatic heterocycles. The van der Waals surface area contributed by atoms with Crippen LogP contribution in [-0.4, -0.2) is 37.6 Å². The monoisotopic (exact) mass is 248 g/mol. The second-order valence-corrected chi connectivity index (χ2v) is 4.84. The first-order valence-corrected chi connectivity index (χ1v) is 6.17. The zero-order valence-electron chi connectivity index (χ0n) is 9.95. The molecule has 1 aromatic carbocycles. The molecule has 0 amide bonds. The summed E-state index contributed by atoms with van der Waals surface area (Å²) in [5.41, 5.74) is 1.38. The Balaban J connectivity index is 2.12. The van der Waals surface area contributed by atoms with Crippen LogP contribution in [0.5, 0.6) is 5.75 Å². The fourth-order valence-electron chi connectivity index (χ4n) is 2.26. The van der Waals surface area contributed by atoms with Gasteiger partial charge in [0.15, 0.2) is 0 Å². The molecule has 0 spiro atoms. The van der Waals surface area contributed by atoms with Crippen molar-refractivity contribution in [3.8, 4) is 5.75 Å². The Hall–Kier alpha value is -1.59. The first-order valence-electron chi connectivity index (χ1n) is 6.17. The van der Waals surface area contributed by atoms with Crippen LogP contribution in [0.25, 0.3) is 11.0 Å². The summed E-state index contributed by atoms with van der Waals surface area (Å²) in [7, 11) is 0. The Morgan fingerprint density at radius 3 is 2.83 bits per heavy atom. The van der Waals surface area contributed by atoms with Crippen molar-refractivity contribution in [1.29, 1.82) is 0 Å². The van der Waals surface area contributed by atoms with Gasteiger partial charge in [-0.2, -0.15) is 0 Å². The van der Waals surface area contributed by atoms with Gasteiger partial charge in [-0.15, -0.1) is 0 Å². The Kier molecular flexibility index (Phi) is 2.72. The number of nitrogens with zero attached hydrogens (tertiary/aromatic N) is 2. The van der Waals surface area contributed by atoms with Gasteiger partial charge in [-0.25, -0.2) is 4.98 Å². The number of hydrogen-bond acceptors (Lipinski definition) is 4. The summed E-state index contributed by atoms with van der Waals surface area (Å²) < 4.78 is 1.91. The van der Waals surface area contributed by atoms with Crippen molar-refractivity contribution in [2.45, 2.75) is 31.4 Å². The van der Waals surface area contributed by atoms with E-state index in [2.05, 4.69) is 4.98 Å². The van der Waals surface area contributed by atoms with Gasteiger partial charge in [0.05, 0.1) is 24.8 Å². The molecule has 2 aromatic rings. The van der Waals surface area contributed by atoms with Crippen LogP contribution in [0.4, 0.5) is 0 Å². The number of para-hydroxylation sites is 1. The lowest BCUT2D eigenvalue weighted by Gasteiger charge is -2.12. The van der Waals surface area contributed by atoms with Gasteiger partial charge in [0.2, 0.25) is 0 Å². The minimum Gasteiger partial charge on any atom is -0.506 e. The Labute approximate surface area is 104 Å². The third-order valence-corrected chi connectivity index (χ3v) is 3.33. The third-order valence-electron chi connectivity index (χ3n) is 3.33. The lowest BCUT2D eigenvalue weighted by atomic mass is 10.3. The van der Waals surface area contributed by atoms with E-state index >= 15 is 0 Å². The number of aliphatic hydroxyl groups excluding tert-OH is 2. The molecule has 1 aliphatic rings. The number of rotatable bonds is 4. The number of imidazole rings is 1. The van der Waals surface area contributed by atoms with E-state index in [-0.39, 0.29) is 12.4 Å². The van der Waals surface area contributed by atoms with E-state index < -0.39 is 6.10 Å². The summed E-state index contributed by atoms with van der Waals surface area (Å²) in [4.78, 5) is 4.48. The van der Waals surface area contributed by atoms with E-state index in [0.29, 0.717) is 18.0 Å². The van der Waals surface area contributed by atoms with E-state index in [1.807, 2.05) is 10.6 Å². The molecule has 5 nitrogen and oxygen atoms in total. The zero-order valence-corrected chi connectivity index (χ0v) is 9.95. The van der Waals surface area contributed by atoms with Crippen molar-refractivity contribution >= 4 is 11.0 Å². The largest absolute Gasteiger partial charge is 0.506 e. The highest BCUT2D eigenvalue weighted by Crippen LogP contribution is 2.41. The fraction of sp³-hybridized carbons (Fsp3) is 0.462. The minimum atomic E-state index is -0.803. The number of hydrogen-bond donors (Lipinski definition) is 3. The van der Waals surface area contributed by atoms with Crippen molar-refractivity contribution in [1.82, 2.24) is 9.55 Å². The number of phenolic OH excluding ortho intramolecular Hbond substituents is 1. The second kappa shape index (κ2) is 4.26. The van der Waals surface area contributed by atoms with Gasteiger partial charge in [0.1, 0.15) is 17.1 Å². The summed E-state index contributed by atoms with van der Waals surface area (Å²) in [6, 6.07) is 5.24. The van der Waals surface area contributed by atoms with Gasteiger partial charge in [0, 0.05) is 5.92 Å². The highest BCUT2D eigenvalue weighted by molar-refractivity contribution is 5.82. The van der Waals surface area contributed by atoms with Gasteiger partial charge in [-0.3, -0.25) is 0 Å². The average Bonchev–Trinajstić information content (AvgIpc) is 3.14. The van der Waals surface area contributed by atoms with Crippen LogP contribution in [0.2, 0.25) is 0 Å². The molecule has 3 rings (SSSR count). The summed E-state index contributed by atoms with van der Waals surface area (Å²) in [6.45, 7) is 0.0326. The molecule has 5 heteroatoms. The summed E-state index contributed by atoms with van der Waals surface area (Å²) in [5.74, 6) is 1.48. The van der Waals surface area contributed by atoms with Crippen LogP contribution >= 0.6 is 0 Å². The SMILES string of the molecule is OCC(O)Cn1c(C2CC2)nc2c(O)cccc21. The predicted molar refractivity (Wildman–Crippen MR) is 66.5 cm³/mol. The normalized spacial score (nSPS) is 17.2. The van der Waals surface area contributed by atoms with Gasteiger partial charge in [0.25, 0.3) is 0 Å². The standard InChI is InChI=1S/C13H16N2O3/c16-7-9(17)6-15-10-2-1-3-11(18)12(10)14-13(15)8-4-5-8/h1-3,8-9,16-18H,4-7H2. The molecule has 96 valence electrons. The van der Waals surface area contributed by atoms with Crippen molar-refractivity contribution in [2.75, 3.05) is 6.61 Å². The zero-order chi connectivity index (χ0) is 12.7. The molecular formula is C13H16N2O3. The Morgan fingerprint density at radius 1 is 1.39 bits per heavy atom. The lowest BCUT2D eigenvalue weighted by Crippen LogP contribution is -2.21. The van der Waals surface area contributed by atoms with Gasteiger partial charge >= 0.3 is 0 Å². The maximum absolute atomic E-state index is 9.81. The van der Waals surface area contributed by atoms with Crippen LogP contribution in [0.15, 0.2) is 18.2 Å². The van der Waals surface area contributed by atoms with Crippen LogP contribution in [-0.2, 0) is 6.54 Å². The molecule has 0 bridgehead atoms. The Bertz CT molecular complexity index is 575. The molecule has 3 N–H and O–H groups in total. The number of benzene rings is 1. The topological polar surface area (TPSA) is 78.5 Å². The van der Waals surface area contributed by atoms with Gasteiger partial charge in [-0.05, 0) is 25.0 Å². The maximum atomic E-state index is 9.81. The average molecular weight is 248 g/mol. The van der Waals surface area contributed by atoms with Crippen molar-refractivity contribution in [3.63, 3.8) is 0 Å². The molecule has 1 fully saturated rings. The highest BCUT2D eigenvalue weighted by Gasteiger charge is 2.30. The molecule has 0 radical (unpaired) electrons. The highest BCUT2D eigenvalue weighted by atomic mass is 16.3. The number of fused-ring (bicyclic) bond motifs is 1. The van der Waals surface area contributed by atoms with E-state index in [1.54, 1.807) is 12.1 Å². The number of aliphatic hydroxyl groups is 2. The molecule has 1 unspecified atom stereocenters. The first kappa shape index (κ1) is 11.5. The minimum absolute atomic E-state index is 0.159. The molecule has 1 atom stereocenters. The summed E-state index contributed by atoms with van der Waals surface area (Å²) in [6.07, 6.45) is 1.39. The van der Waals surface area contributed by atoms with Crippen molar-refractivity contribution in [3.05, 3.63) is 24.0 Å². The smallest absolute Gasteiger partial charge is 0.143 e. The second-order valence-electron chi connectivity index (χ2n) is 4.84. The molecule has 0 saturated heterocycles. The molecule has 1 saturated carbocycles. The molecule has 1 aliphatic carbocycles. The number of phenols is 1. The van der Waals surface area contributed by atoms with Gasteiger partial charge < -0.3 is 19.9 Å². The lowest BCUT2D eigenvalue weighted by molar-refractivity contribution is 0.0814. The molecular weight excluding hydrogens is 232 g/mol. The van der Waals surface area contributed by atoms with E-state index in [1.165, 1.54) is 0 Å². The molecule has 18 heavy (non-hydrogen) atoms. The van der Waals surface area contributed by atoms with Gasteiger partial charge in [-0.1, -0.05) is 6.07 Å². The fourth-order valence-corrected chi connectivity index (χ4v) is 2.26. The maximum Gasteiger partial charge on any atom is 0.143 e. The van der Waals surface area contributed by atoms with Crippen molar-refractivity contribution in [2.24, 2.45) is 0 Å². The van der Waals surface area contributed by atoms with E-state index in [4.69, 9.17) is 5.11 Å².